The van der Waals surface area contributed by atoms with Crippen LogP contribution in [0.1, 0.15) is 5.69 Å². The number of nitrogens with one attached hydrogen (secondary N) is 1. The van der Waals surface area contributed by atoms with Gasteiger partial charge in [-0.15, -0.1) is 0 Å². The van der Waals surface area contributed by atoms with Gasteiger partial charge in [0, 0.05) is 11.9 Å². The zero-order valence-electron chi connectivity index (χ0n) is 9.43. The van der Waals surface area contributed by atoms with Gasteiger partial charge in [0.2, 0.25) is 5.91 Å². The summed E-state index contributed by atoms with van der Waals surface area (Å²) in [6.45, 7) is 0.0202. The Labute approximate surface area is 103 Å². The molecule has 4 nitrogen and oxygen atoms in total. The van der Waals surface area contributed by atoms with Crippen LogP contribution in [0.3, 0.4) is 0 Å². The Morgan fingerprint density at radius 2 is 2.22 bits per heavy atom. The molecule has 0 aliphatic rings. The van der Waals surface area contributed by atoms with Gasteiger partial charge in [0.05, 0.1) is 0 Å². The number of benzene rings is 1. The van der Waals surface area contributed by atoms with Crippen LogP contribution in [-0.2, 0) is 11.3 Å². The third-order valence-corrected chi connectivity index (χ3v) is 2.37. The molecule has 2 rings (SSSR count). The summed E-state index contributed by atoms with van der Waals surface area (Å²) < 4.78 is 14.4. The fraction of sp³-hybridized carbons (Fsp3) is 0.0769. The molecule has 0 radical (unpaired) electrons. The van der Waals surface area contributed by atoms with Crippen molar-refractivity contribution < 1.29 is 9.18 Å². The smallest absolute Gasteiger partial charge is 0.244 e. The first kappa shape index (κ1) is 11.9. The molecule has 0 bridgehead atoms. The van der Waals surface area contributed by atoms with Crippen molar-refractivity contribution in [3.63, 3.8) is 0 Å². The summed E-state index contributed by atoms with van der Waals surface area (Å²) in [5.41, 5.74) is 0.801. The van der Waals surface area contributed by atoms with Crippen molar-refractivity contribution in [2.24, 2.45) is 0 Å². The average Bonchev–Trinajstić information content (AvgIpc) is 2.76. The van der Waals surface area contributed by atoms with Crippen LogP contribution in [0.2, 0.25) is 0 Å². The minimum Gasteiger partial charge on any atom is -0.330 e. The van der Waals surface area contributed by atoms with E-state index in [0.717, 1.165) is 0 Å². The highest BCUT2D eigenvalue weighted by atomic mass is 19.1. The zero-order chi connectivity index (χ0) is 13.0. The number of rotatable bonds is 3. The van der Waals surface area contributed by atoms with Gasteiger partial charge in [-0.2, -0.15) is 5.26 Å². The molecule has 18 heavy (non-hydrogen) atoms. The second-order valence-corrected chi connectivity index (χ2v) is 3.69. The molecular formula is C13H10FN3O. The Hall–Kier alpha value is -2.61. The number of hydrogen-bond acceptors (Lipinski definition) is 2. The standard InChI is InChI=1S/C13H10FN3O/c14-10-3-1-4-11(7-10)16-13(18)9-17-6-2-5-12(17)8-15/h1-7H,9H2,(H,16,18). The monoisotopic (exact) mass is 243 g/mol. The number of carbonyl (C=O) groups excluding carboxylic acids is 1. The van der Waals surface area contributed by atoms with E-state index in [1.807, 2.05) is 6.07 Å². The Kier molecular flexibility index (Phi) is 3.39. The van der Waals surface area contributed by atoms with E-state index in [2.05, 4.69) is 5.32 Å². The van der Waals surface area contributed by atoms with E-state index in [4.69, 9.17) is 5.26 Å². The molecule has 1 amide bonds. The fourth-order valence-electron chi connectivity index (χ4n) is 1.57. The third-order valence-electron chi connectivity index (χ3n) is 2.37. The predicted molar refractivity (Wildman–Crippen MR) is 64.2 cm³/mol. The summed E-state index contributed by atoms with van der Waals surface area (Å²) in [6, 6.07) is 10.9. The first-order valence-electron chi connectivity index (χ1n) is 5.30. The van der Waals surface area contributed by atoms with Gasteiger partial charge in [0.15, 0.2) is 0 Å². The maximum absolute atomic E-state index is 12.9. The Bertz CT molecular complexity index is 613. The normalized spacial score (nSPS) is 9.78. The molecule has 2 aromatic rings. The molecule has 1 heterocycles. The number of halogens is 1. The largest absolute Gasteiger partial charge is 0.330 e. The molecule has 90 valence electrons. The molecule has 0 unspecified atom stereocenters. The van der Waals surface area contributed by atoms with Crippen LogP contribution in [0, 0.1) is 17.1 Å². The topological polar surface area (TPSA) is 57.8 Å². The summed E-state index contributed by atoms with van der Waals surface area (Å²) in [6.07, 6.45) is 1.64. The molecule has 5 heteroatoms. The molecule has 0 fully saturated rings. The number of nitriles is 1. The Morgan fingerprint density at radius 1 is 1.39 bits per heavy atom. The number of hydrogen-bond donors (Lipinski definition) is 1. The van der Waals surface area contributed by atoms with Gasteiger partial charge < -0.3 is 9.88 Å². The number of carbonyl (C=O) groups is 1. The molecule has 0 saturated carbocycles. The summed E-state index contributed by atoms with van der Waals surface area (Å²) in [7, 11) is 0. The molecule has 0 saturated heterocycles. The lowest BCUT2D eigenvalue weighted by Gasteiger charge is -2.06. The van der Waals surface area contributed by atoms with E-state index in [-0.39, 0.29) is 12.5 Å². The maximum Gasteiger partial charge on any atom is 0.244 e. The van der Waals surface area contributed by atoms with Crippen LogP contribution in [0.25, 0.3) is 0 Å². The summed E-state index contributed by atoms with van der Waals surface area (Å²) in [4.78, 5) is 11.7. The zero-order valence-corrected chi connectivity index (χ0v) is 9.43. The second kappa shape index (κ2) is 5.15. The first-order valence-corrected chi connectivity index (χ1v) is 5.30. The van der Waals surface area contributed by atoms with Gasteiger partial charge in [0.25, 0.3) is 0 Å². The first-order chi connectivity index (χ1) is 8.69. The highest BCUT2D eigenvalue weighted by molar-refractivity contribution is 5.90. The third kappa shape index (κ3) is 2.74. The van der Waals surface area contributed by atoms with Gasteiger partial charge >= 0.3 is 0 Å². The van der Waals surface area contributed by atoms with Crippen molar-refractivity contribution in [3.8, 4) is 6.07 Å². The lowest BCUT2D eigenvalue weighted by molar-refractivity contribution is -0.116. The number of aromatic nitrogens is 1. The van der Waals surface area contributed by atoms with Crippen molar-refractivity contribution in [1.29, 1.82) is 5.26 Å². The van der Waals surface area contributed by atoms with Gasteiger partial charge in [-0.05, 0) is 30.3 Å². The summed E-state index contributed by atoms with van der Waals surface area (Å²) in [5, 5.41) is 11.4. The molecule has 1 aromatic carbocycles. The van der Waals surface area contributed by atoms with Crippen LogP contribution in [0.15, 0.2) is 42.6 Å². The van der Waals surface area contributed by atoms with Gasteiger partial charge in [-0.1, -0.05) is 6.07 Å². The van der Waals surface area contributed by atoms with Gasteiger partial charge in [-0.3, -0.25) is 4.79 Å². The molecule has 1 aromatic heterocycles. The van der Waals surface area contributed by atoms with E-state index in [0.29, 0.717) is 11.4 Å². The number of anilines is 1. The maximum atomic E-state index is 12.9. The van der Waals surface area contributed by atoms with E-state index < -0.39 is 5.82 Å². The van der Waals surface area contributed by atoms with Gasteiger partial charge in [-0.25, -0.2) is 4.39 Å². The molecule has 0 aliphatic heterocycles. The number of nitrogens with zero attached hydrogens (tertiary/aromatic N) is 2. The van der Waals surface area contributed by atoms with E-state index in [1.165, 1.54) is 22.8 Å². The van der Waals surface area contributed by atoms with Crippen LogP contribution < -0.4 is 5.32 Å². The molecule has 0 spiro atoms. The Morgan fingerprint density at radius 3 is 2.94 bits per heavy atom. The quantitative estimate of drug-likeness (QED) is 0.897. The lowest BCUT2D eigenvalue weighted by Crippen LogP contribution is -2.19. The SMILES string of the molecule is N#Cc1cccn1CC(=O)Nc1cccc(F)c1. The molecule has 1 N–H and O–H groups in total. The van der Waals surface area contributed by atoms with Crippen molar-refractivity contribution in [1.82, 2.24) is 4.57 Å². The summed E-state index contributed by atoms with van der Waals surface area (Å²) in [5.74, 6) is -0.722. The minimum absolute atomic E-state index is 0.0202. The molecular weight excluding hydrogens is 233 g/mol. The predicted octanol–water partition coefficient (Wildman–Crippen LogP) is 2.14. The average molecular weight is 243 g/mol. The van der Waals surface area contributed by atoms with Crippen LogP contribution >= 0.6 is 0 Å². The van der Waals surface area contributed by atoms with E-state index in [1.54, 1.807) is 24.4 Å². The highest BCUT2D eigenvalue weighted by Gasteiger charge is 2.06. The van der Waals surface area contributed by atoms with Crippen molar-refractivity contribution >= 4 is 11.6 Å². The number of amides is 1. The lowest BCUT2D eigenvalue weighted by atomic mass is 10.3. The van der Waals surface area contributed by atoms with Crippen LogP contribution in [0.4, 0.5) is 10.1 Å². The highest BCUT2D eigenvalue weighted by Crippen LogP contribution is 2.09. The Balaban J connectivity index is 2.04. The van der Waals surface area contributed by atoms with Crippen LogP contribution in [0.5, 0.6) is 0 Å². The van der Waals surface area contributed by atoms with E-state index in [9.17, 15) is 9.18 Å². The van der Waals surface area contributed by atoms with Crippen LogP contribution in [-0.4, -0.2) is 10.5 Å². The van der Waals surface area contributed by atoms with Crippen molar-refractivity contribution in [3.05, 3.63) is 54.1 Å². The van der Waals surface area contributed by atoms with Crippen molar-refractivity contribution in [2.75, 3.05) is 5.32 Å². The minimum atomic E-state index is -0.411. The summed E-state index contributed by atoms with van der Waals surface area (Å²) >= 11 is 0. The molecule has 0 aliphatic carbocycles. The fourth-order valence-corrected chi connectivity index (χ4v) is 1.57. The van der Waals surface area contributed by atoms with E-state index >= 15 is 0 Å². The second-order valence-electron chi connectivity index (χ2n) is 3.69. The van der Waals surface area contributed by atoms with Gasteiger partial charge in [0.1, 0.15) is 24.1 Å². The molecule has 0 atom stereocenters. The van der Waals surface area contributed by atoms with Crippen molar-refractivity contribution in [2.45, 2.75) is 6.54 Å².